The summed E-state index contributed by atoms with van der Waals surface area (Å²) in [4.78, 5) is -0.481. The summed E-state index contributed by atoms with van der Waals surface area (Å²) >= 11 is 10.5. The molecule has 36 valence electrons. The van der Waals surface area contributed by atoms with Gasteiger partial charge in [-0.2, -0.15) is 0 Å². The molecule has 0 aliphatic carbocycles. The van der Waals surface area contributed by atoms with Crippen LogP contribution in [0.1, 0.15) is 0 Å². The van der Waals surface area contributed by atoms with E-state index in [1.165, 1.54) is 4.58 Å². The molecule has 0 atom stereocenters. The third-order valence-electron chi connectivity index (χ3n) is 0.333. The van der Waals surface area contributed by atoms with E-state index in [0.29, 0.717) is 0 Å². The molecule has 0 unspecified atom stereocenters. The van der Waals surface area contributed by atoms with E-state index in [4.69, 9.17) is 23.2 Å². The van der Waals surface area contributed by atoms with E-state index in [1.807, 2.05) is 0 Å². The van der Waals surface area contributed by atoms with Crippen molar-refractivity contribution in [3.05, 3.63) is 0 Å². The van der Waals surface area contributed by atoms with E-state index < -0.39 is 4.96 Å². The maximum atomic E-state index is 5.24. The lowest BCUT2D eigenvalue weighted by molar-refractivity contribution is -0.484. The van der Waals surface area contributed by atoms with E-state index >= 15 is 0 Å². The highest BCUT2D eigenvalue weighted by Crippen LogP contribution is 1.97. The first kappa shape index (κ1) is 6.25. The minimum atomic E-state index is -0.481. The number of rotatable bonds is 1. The van der Waals surface area contributed by atoms with E-state index in [2.05, 4.69) is 6.72 Å². The van der Waals surface area contributed by atoms with E-state index in [-0.39, 0.29) is 0 Å². The number of halogens is 2. The number of hydrogen-bond acceptors (Lipinski definition) is 0. The third-order valence-corrected chi connectivity index (χ3v) is 1.000. The summed E-state index contributed by atoms with van der Waals surface area (Å²) in [6, 6.07) is 0. The summed E-state index contributed by atoms with van der Waals surface area (Å²) in [5.41, 5.74) is 0. The van der Waals surface area contributed by atoms with Gasteiger partial charge in [-0.05, 0) is 23.2 Å². The monoisotopic (exact) mass is 126 g/mol. The Morgan fingerprint density at radius 2 is 1.83 bits per heavy atom. The van der Waals surface area contributed by atoms with Crippen molar-refractivity contribution in [1.29, 1.82) is 0 Å². The number of hydrogen-bond donors (Lipinski definition) is 0. The standard InChI is InChI=1S/C3H6Cl2N/c1-6(2)3(4)5/h3H,1H2,2H3/q+1. The van der Waals surface area contributed by atoms with Gasteiger partial charge in [-0.1, -0.05) is 0 Å². The van der Waals surface area contributed by atoms with E-state index in [0.717, 1.165) is 0 Å². The highest BCUT2D eigenvalue weighted by atomic mass is 35.5. The van der Waals surface area contributed by atoms with Gasteiger partial charge < -0.3 is 0 Å². The largest absolute Gasteiger partial charge is 0.303 e. The average Bonchev–Trinajstić information content (AvgIpc) is 1.36. The second kappa shape index (κ2) is 2.43. The second-order valence-corrected chi connectivity index (χ2v) is 2.08. The predicted molar refractivity (Wildman–Crippen MR) is 28.8 cm³/mol. The molecular weight excluding hydrogens is 121 g/mol. The van der Waals surface area contributed by atoms with Crippen molar-refractivity contribution >= 4 is 29.9 Å². The molecule has 0 rings (SSSR count). The SMILES string of the molecule is C=[N+](C)C(Cl)Cl. The molecule has 0 aromatic carbocycles. The van der Waals surface area contributed by atoms with Crippen LogP contribution < -0.4 is 0 Å². The van der Waals surface area contributed by atoms with Crippen molar-refractivity contribution in [1.82, 2.24) is 0 Å². The van der Waals surface area contributed by atoms with Gasteiger partial charge in [-0.25, -0.2) is 4.58 Å². The van der Waals surface area contributed by atoms with Crippen LogP contribution >= 0.6 is 23.2 Å². The normalized spacial score (nSPS) is 9.33. The molecule has 3 heteroatoms. The van der Waals surface area contributed by atoms with Gasteiger partial charge in [-0.15, -0.1) is 0 Å². The Labute approximate surface area is 47.2 Å². The van der Waals surface area contributed by atoms with Crippen LogP contribution in [0.2, 0.25) is 0 Å². The van der Waals surface area contributed by atoms with Crippen LogP contribution in [-0.2, 0) is 0 Å². The van der Waals surface area contributed by atoms with Crippen LogP contribution in [0.3, 0.4) is 0 Å². The molecule has 0 saturated heterocycles. The van der Waals surface area contributed by atoms with E-state index in [1.54, 1.807) is 7.05 Å². The Balaban J connectivity index is 3.26. The minimum absolute atomic E-state index is 0.481. The molecular formula is C3H6Cl2N+. The fourth-order valence-corrected chi connectivity index (χ4v) is 0. The average molecular weight is 127 g/mol. The van der Waals surface area contributed by atoms with Crippen LogP contribution in [0.15, 0.2) is 0 Å². The van der Waals surface area contributed by atoms with Crippen LogP contribution in [0.25, 0.3) is 0 Å². The van der Waals surface area contributed by atoms with Crippen LogP contribution in [0, 0.1) is 0 Å². The summed E-state index contributed by atoms with van der Waals surface area (Å²) in [5.74, 6) is 0. The van der Waals surface area contributed by atoms with Crippen molar-refractivity contribution in [2.24, 2.45) is 0 Å². The molecule has 0 aromatic rings. The molecule has 0 spiro atoms. The third kappa shape index (κ3) is 2.49. The molecule has 0 radical (unpaired) electrons. The molecule has 6 heavy (non-hydrogen) atoms. The Morgan fingerprint density at radius 3 is 1.83 bits per heavy atom. The summed E-state index contributed by atoms with van der Waals surface area (Å²) < 4.78 is 1.45. The highest BCUT2D eigenvalue weighted by molar-refractivity contribution is 6.42. The lowest BCUT2D eigenvalue weighted by Crippen LogP contribution is -2.05. The Hall–Kier alpha value is 0.250. The van der Waals surface area contributed by atoms with Gasteiger partial charge in [0.15, 0.2) is 0 Å². The maximum absolute atomic E-state index is 5.24. The van der Waals surface area contributed by atoms with Gasteiger partial charge in [0.05, 0.1) is 0 Å². The summed E-state index contributed by atoms with van der Waals surface area (Å²) in [6.45, 7) is 3.41. The quantitative estimate of drug-likeness (QED) is 0.214. The van der Waals surface area contributed by atoms with Gasteiger partial charge in [0.1, 0.15) is 13.8 Å². The molecule has 0 aliphatic heterocycles. The van der Waals surface area contributed by atoms with Gasteiger partial charge in [0, 0.05) is 0 Å². The fraction of sp³-hybridized carbons (Fsp3) is 0.667. The highest BCUT2D eigenvalue weighted by Gasteiger charge is 2.00. The van der Waals surface area contributed by atoms with Crippen LogP contribution in [-0.4, -0.2) is 23.3 Å². The topological polar surface area (TPSA) is 3.01 Å². The van der Waals surface area contributed by atoms with Crippen molar-refractivity contribution in [3.63, 3.8) is 0 Å². The van der Waals surface area contributed by atoms with Gasteiger partial charge in [0.25, 0.3) is 0 Å². The molecule has 0 N–H and O–H groups in total. The lowest BCUT2D eigenvalue weighted by atomic mass is 11.1. The molecule has 0 aromatic heterocycles. The second-order valence-electron chi connectivity index (χ2n) is 1.03. The molecule has 0 aliphatic rings. The van der Waals surface area contributed by atoms with Crippen molar-refractivity contribution in [2.75, 3.05) is 7.05 Å². The van der Waals surface area contributed by atoms with Crippen LogP contribution in [0.5, 0.6) is 0 Å². The van der Waals surface area contributed by atoms with Gasteiger partial charge >= 0.3 is 4.96 Å². The first-order chi connectivity index (χ1) is 2.64. The number of nitrogens with zero attached hydrogens (tertiary/aromatic N) is 1. The molecule has 0 heterocycles. The molecule has 0 bridgehead atoms. The van der Waals surface area contributed by atoms with Gasteiger partial charge in [-0.3, -0.25) is 0 Å². The molecule has 1 nitrogen and oxygen atoms in total. The van der Waals surface area contributed by atoms with Crippen molar-refractivity contribution in [3.8, 4) is 0 Å². The summed E-state index contributed by atoms with van der Waals surface area (Å²) in [6.07, 6.45) is 0. The van der Waals surface area contributed by atoms with Crippen molar-refractivity contribution in [2.45, 2.75) is 4.96 Å². The van der Waals surface area contributed by atoms with Crippen molar-refractivity contribution < 1.29 is 4.58 Å². The zero-order valence-electron chi connectivity index (χ0n) is 3.49. The van der Waals surface area contributed by atoms with E-state index in [9.17, 15) is 0 Å². The Kier molecular flexibility index (Phi) is 2.53. The molecule has 0 fully saturated rings. The first-order valence-electron chi connectivity index (χ1n) is 1.46. The zero-order chi connectivity index (χ0) is 5.15. The first-order valence-corrected chi connectivity index (χ1v) is 2.33. The van der Waals surface area contributed by atoms with Crippen LogP contribution in [0.4, 0.5) is 0 Å². The summed E-state index contributed by atoms with van der Waals surface area (Å²) in [7, 11) is 1.70. The molecule has 0 amide bonds. The molecule has 0 saturated carbocycles. The minimum Gasteiger partial charge on any atom is -0.215 e. The smallest absolute Gasteiger partial charge is 0.215 e. The lowest BCUT2D eigenvalue weighted by Gasteiger charge is -1.87. The van der Waals surface area contributed by atoms with Gasteiger partial charge in [0.2, 0.25) is 0 Å². The zero-order valence-corrected chi connectivity index (χ0v) is 5.00. The Bertz CT molecular complexity index is 59.8. The predicted octanol–water partition coefficient (Wildman–Crippen LogP) is 1.09. The fourth-order valence-electron chi connectivity index (χ4n) is 0. The summed E-state index contributed by atoms with van der Waals surface area (Å²) in [5, 5.41) is 0. The maximum Gasteiger partial charge on any atom is 0.303 e. The Morgan fingerprint density at radius 1 is 1.67 bits per heavy atom. The number of alkyl halides is 2.